The summed E-state index contributed by atoms with van der Waals surface area (Å²) in [5.41, 5.74) is 20.2. The van der Waals surface area contributed by atoms with Crippen molar-refractivity contribution in [3.05, 3.63) is 130 Å². The van der Waals surface area contributed by atoms with Crippen LogP contribution in [0.15, 0.2) is 85.1 Å². The fourth-order valence-electron chi connectivity index (χ4n) is 7.18. The van der Waals surface area contributed by atoms with Gasteiger partial charge in [-0.15, -0.1) is 0 Å². The third-order valence-corrected chi connectivity index (χ3v) is 8.59. The molecular weight excluding hydrogens is 424 g/mol. The number of pyridine rings is 1. The minimum atomic E-state index is 0.946. The van der Waals surface area contributed by atoms with Gasteiger partial charge in [0.25, 0.3) is 0 Å². The molecule has 2 heteroatoms. The van der Waals surface area contributed by atoms with Crippen LogP contribution in [0.3, 0.4) is 0 Å². The van der Waals surface area contributed by atoms with Crippen molar-refractivity contribution in [1.82, 2.24) is 4.98 Å². The largest absolute Gasteiger partial charge is 0.294 e. The quantitative estimate of drug-likeness (QED) is 0.240. The SMILES string of the molecule is c1ccc2c(c1)Cc1c-2ccc2c1-c1cc3c4c(c1C2)Cc1ccccc1N4c1ncccc1C3. The molecule has 0 spiro atoms. The van der Waals surface area contributed by atoms with Gasteiger partial charge in [0.05, 0.1) is 11.4 Å². The highest BCUT2D eigenvalue weighted by atomic mass is 15.2. The van der Waals surface area contributed by atoms with Gasteiger partial charge in [0, 0.05) is 19.0 Å². The summed E-state index contributed by atoms with van der Waals surface area (Å²) in [6.07, 6.45) is 5.95. The van der Waals surface area contributed by atoms with Crippen LogP contribution in [0.4, 0.5) is 17.2 Å². The lowest BCUT2D eigenvalue weighted by molar-refractivity contribution is 0.969. The molecule has 0 N–H and O–H groups in total. The van der Waals surface area contributed by atoms with Gasteiger partial charge in [0.2, 0.25) is 0 Å². The normalized spacial score (nSPS) is 14.9. The second kappa shape index (κ2) is 6.28. The number of aromatic nitrogens is 1. The summed E-state index contributed by atoms with van der Waals surface area (Å²) in [6.45, 7) is 0. The van der Waals surface area contributed by atoms with Crippen molar-refractivity contribution in [2.75, 3.05) is 4.90 Å². The van der Waals surface area contributed by atoms with Gasteiger partial charge < -0.3 is 0 Å². The maximum absolute atomic E-state index is 4.87. The number of rotatable bonds is 0. The topological polar surface area (TPSA) is 16.1 Å². The van der Waals surface area contributed by atoms with E-state index in [9.17, 15) is 0 Å². The van der Waals surface area contributed by atoms with Crippen LogP contribution in [0.25, 0.3) is 22.3 Å². The zero-order valence-electron chi connectivity index (χ0n) is 19.3. The maximum atomic E-state index is 4.87. The van der Waals surface area contributed by atoms with E-state index in [1.807, 2.05) is 6.20 Å². The number of para-hydroxylation sites is 1. The van der Waals surface area contributed by atoms with E-state index in [4.69, 9.17) is 4.98 Å². The van der Waals surface area contributed by atoms with E-state index in [1.54, 1.807) is 0 Å². The van der Waals surface area contributed by atoms with Crippen LogP contribution in [0.2, 0.25) is 0 Å². The van der Waals surface area contributed by atoms with Crippen molar-refractivity contribution in [2.45, 2.75) is 25.7 Å². The van der Waals surface area contributed by atoms with Crippen LogP contribution >= 0.6 is 0 Å². The molecule has 0 radical (unpaired) electrons. The first-order chi connectivity index (χ1) is 17.3. The molecule has 5 aromatic rings. The van der Waals surface area contributed by atoms with Crippen molar-refractivity contribution in [1.29, 1.82) is 0 Å². The Balaban J connectivity index is 1.33. The first-order valence-corrected chi connectivity index (χ1v) is 12.6. The zero-order chi connectivity index (χ0) is 22.7. The number of hydrogen-bond acceptors (Lipinski definition) is 2. The summed E-state index contributed by atoms with van der Waals surface area (Å²) < 4.78 is 0. The molecule has 0 saturated heterocycles. The van der Waals surface area contributed by atoms with Crippen LogP contribution in [0, 0.1) is 0 Å². The van der Waals surface area contributed by atoms with Gasteiger partial charge in [0.1, 0.15) is 5.82 Å². The molecule has 0 saturated carbocycles. The standard InChI is InChI=1S/C33H22N2/c1-3-9-24-19(6-1)15-27-25(24)12-11-21-17-26-28(31(21)27)18-23-14-22-8-5-13-34-33(22)35-30-10-4-2-7-20(30)16-29(26)32(23)35/h1-13,18H,14-17H2. The summed E-state index contributed by atoms with van der Waals surface area (Å²) in [7, 11) is 0. The van der Waals surface area contributed by atoms with Gasteiger partial charge in [-0.2, -0.15) is 0 Å². The molecule has 2 nitrogen and oxygen atoms in total. The first kappa shape index (κ1) is 18.2. The number of fused-ring (bicyclic) bond motifs is 12. The monoisotopic (exact) mass is 446 g/mol. The molecule has 164 valence electrons. The van der Waals surface area contributed by atoms with Crippen LogP contribution in [0.1, 0.15) is 44.5 Å². The predicted molar refractivity (Wildman–Crippen MR) is 141 cm³/mol. The number of nitrogens with zero attached hydrogens (tertiary/aromatic N) is 2. The fourth-order valence-corrected chi connectivity index (χ4v) is 7.18. The molecule has 35 heavy (non-hydrogen) atoms. The summed E-state index contributed by atoms with van der Waals surface area (Å²) >= 11 is 0. The van der Waals surface area contributed by atoms with Gasteiger partial charge in [0.15, 0.2) is 0 Å². The Hall–Kier alpha value is -4.17. The van der Waals surface area contributed by atoms with E-state index in [2.05, 4.69) is 83.8 Å². The third-order valence-electron chi connectivity index (χ3n) is 8.59. The molecule has 1 aromatic heterocycles. The van der Waals surface area contributed by atoms with Gasteiger partial charge in [-0.3, -0.25) is 4.90 Å². The van der Waals surface area contributed by atoms with Crippen molar-refractivity contribution < 1.29 is 0 Å². The lowest BCUT2D eigenvalue weighted by Crippen LogP contribution is -2.26. The molecule has 3 heterocycles. The number of benzene rings is 4. The molecular formula is C33H22N2. The molecule has 4 aliphatic rings. The summed E-state index contributed by atoms with van der Waals surface area (Å²) in [5.74, 6) is 1.10. The van der Waals surface area contributed by atoms with Crippen molar-refractivity contribution in [3.63, 3.8) is 0 Å². The minimum absolute atomic E-state index is 0.946. The van der Waals surface area contributed by atoms with Gasteiger partial charge in [-0.05, 0) is 97.8 Å². The molecule has 0 atom stereocenters. The highest BCUT2D eigenvalue weighted by Gasteiger charge is 2.37. The van der Waals surface area contributed by atoms with Crippen LogP contribution in [-0.4, -0.2) is 4.98 Å². The van der Waals surface area contributed by atoms with Gasteiger partial charge in [-0.25, -0.2) is 4.98 Å². The number of hydrogen-bond donors (Lipinski definition) is 0. The van der Waals surface area contributed by atoms with Gasteiger partial charge in [-0.1, -0.05) is 60.7 Å². The van der Waals surface area contributed by atoms with Crippen molar-refractivity contribution >= 4 is 17.2 Å². The Morgan fingerprint density at radius 1 is 0.543 bits per heavy atom. The minimum Gasteiger partial charge on any atom is -0.294 e. The molecule has 0 bridgehead atoms. The second-order valence-corrected chi connectivity index (χ2v) is 10.3. The van der Waals surface area contributed by atoms with E-state index in [0.29, 0.717) is 0 Å². The summed E-state index contributed by atoms with van der Waals surface area (Å²) in [4.78, 5) is 7.32. The Morgan fingerprint density at radius 2 is 1.34 bits per heavy atom. The van der Waals surface area contributed by atoms with Crippen LogP contribution in [0.5, 0.6) is 0 Å². The predicted octanol–water partition coefficient (Wildman–Crippen LogP) is 7.50. The Kier molecular flexibility index (Phi) is 3.27. The molecule has 4 aromatic carbocycles. The van der Waals surface area contributed by atoms with Crippen LogP contribution < -0.4 is 4.90 Å². The highest BCUT2D eigenvalue weighted by Crippen LogP contribution is 2.55. The van der Waals surface area contributed by atoms with E-state index in [1.165, 1.54) is 78.1 Å². The van der Waals surface area contributed by atoms with E-state index < -0.39 is 0 Å². The fraction of sp³-hybridized carbons (Fsp3) is 0.121. The summed E-state index contributed by atoms with van der Waals surface area (Å²) in [5, 5.41) is 0. The Bertz CT molecular complexity index is 1750. The molecule has 0 fully saturated rings. The van der Waals surface area contributed by atoms with Crippen LogP contribution in [-0.2, 0) is 25.7 Å². The third kappa shape index (κ3) is 2.23. The zero-order valence-corrected chi connectivity index (χ0v) is 19.3. The smallest absolute Gasteiger partial charge is 0.141 e. The Morgan fingerprint density at radius 3 is 2.31 bits per heavy atom. The molecule has 2 aliphatic carbocycles. The first-order valence-electron chi connectivity index (χ1n) is 12.6. The second-order valence-electron chi connectivity index (χ2n) is 10.3. The molecule has 2 aliphatic heterocycles. The average molecular weight is 447 g/mol. The van der Waals surface area contributed by atoms with E-state index in [-0.39, 0.29) is 0 Å². The number of anilines is 3. The summed E-state index contributed by atoms with van der Waals surface area (Å²) in [6, 6.07) is 29.5. The lowest BCUT2D eigenvalue weighted by atomic mass is 9.83. The lowest BCUT2D eigenvalue weighted by Gasteiger charge is -2.39. The van der Waals surface area contributed by atoms with Gasteiger partial charge >= 0.3 is 0 Å². The maximum Gasteiger partial charge on any atom is 0.141 e. The molecule has 0 unspecified atom stereocenters. The highest BCUT2D eigenvalue weighted by molar-refractivity contribution is 5.96. The van der Waals surface area contributed by atoms with Crippen molar-refractivity contribution in [2.24, 2.45) is 0 Å². The molecule has 0 amide bonds. The van der Waals surface area contributed by atoms with E-state index in [0.717, 1.165) is 31.5 Å². The van der Waals surface area contributed by atoms with E-state index >= 15 is 0 Å². The molecule has 9 rings (SSSR count). The average Bonchev–Trinajstić information content (AvgIpc) is 3.47. The van der Waals surface area contributed by atoms with Crippen molar-refractivity contribution in [3.8, 4) is 22.3 Å². The Labute approximate surface area is 204 Å².